The third-order valence-corrected chi connectivity index (χ3v) is 9.40. The Morgan fingerprint density at radius 2 is 1.78 bits per heavy atom. The van der Waals surface area contributed by atoms with Crippen LogP contribution in [0.1, 0.15) is 105 Å². The molecule has 4 rings (SSSR count). The average molecular weight is 658 g/mol. The van der Waals surface area contributed by atoms with Crippen molar-refractivity contribution in [3.63, 3.8) is 0 Å². The van der Waals surface area contributed by atoms with Crippen LogP contribution in [-0.2, 0) is 11.3 Å². The number of aromatic nitrogens is 7. The maximum atomic E-state index is 15.8. The van der Waals surface area contributed by atoms with Gasteiger partial charge in [0.05, 0.1) is 29.1 Å². The SMILES string of the molecule is CCCCCCCCC(C(C)(C)C)C(C)(C)OCCC(Cn1cc(Cl)cn1)c1nnc2cc(-c3ccnc(SC)n3)cc(F)n12. The van der Waals surface area contributed by atoms with Crippen LogP contribution in [0.15, 0.2) is 41.9 Å². The van der Waals surface area contributed by atoms with Crippen molar-refractivity contribution in [1.82, 2.24) is 34.3 Å². The molecule has 8 nitrogen and oxygen atoms in total. The Morgan fingerprint density at radius 3 is 2.47 bits per heavy atom. The van der Waals surface area contributed by atoms with Gasteiger partial charge in [0.25, 0.3) is 0 Å². The number of unbranched alkanes of at least 4 members (excludes halogenated alkanes) is 5. The Bertz CT molecular complexity index is 1520. The van der Waals surface area contributed by atoms with Crippen molar-refractivity contribution >= 4 is 29.0 Å². The van der Waals surface area contributed by atoms with Crippen molar-refractivity contribution in [2.45, 2.75) is 116 Å². The van der Waals surface area contributed by atoms with Gasteiger partial charge >= 0.3 is 0 Å². The fourth-order valence-corrected chi connectivity index (χ4v) is 7.00. The molecule has 2 unspecified atom stereocenters. The van der Waals surface area contributed by atoms with Gasteiger partial charge in [-0.05, 0) is 56.4 Å². The lowest BCUT2D eigenvalue weighted by molar-refractivity contribution is -0.0973. The Kier molecular flexibility index (Phi) is 12.4. The fraction of sp³-hybridized carbons (Fsp3) is 0.618. The molecule has 0 aliphatic heterocycles. The first-order valence-corrected chi connectivity index (χ1v) is 17.8. The maximum absolute atomic E-state index is 15.8. The van der Waals surface area contributed by atoms with E-state index in [4.69, 9.17) is 16.3 Å². The standard InChI is InChI=1S/C34H49ClFN7OS/c1-8-9-10-11-12-13-14-28(33(2,3)4)34(5,6)44-18-16-24(22-42-23-26(35)21-38-42)31-41-40-30-20-25(19-29(36)43(30)31)27-15-17-37-32(39-27)45-7/h15,17,19-21,23-24,28H,8-14,16,18,22H2,1-7H3. The van der Waals surface area contributed by atoms with Crippen LogP contribution in [0.3, 0.4) is 0 Å². The molecule has 0 amide bonds. The maximum Gasteiger partial charge on any atom is 0.201 e. The molecule has 45 heavy (non-hydrogen) atoms. The molecule has 0 aliphatic carbocycles. The Hall–Kier alpha value is -2.56. The summed E-state index contributed by atoms with van der Waals surface area (Å²) in [6.07, 6.45) is 16.4. The van der Waals surface area contributed by atoms with Gasteiger partial charge in [-0.3, -0.25) is 9.08 Å². The summed E-state index contributed by atoms with van der Waals surface area (Å²) in [5.41, 5.74) is 1.44. The van der Waals surface area contributed by atoms with Crippen LogP contribution in [0.2, 0.25) is 5.02 Å². The first kappa shape index (κ1) is 35.3. The van der Waals surface area contributed by atoms with Crippen molar-refractivity contribution in [2.24, 2.45) is 11.3 Å². The van der Waals surface area contributed by atoms with Crippen molar-refractivity contribution in [1.29, 1.82) is 0 Å². The fourth-order valence-electron chi connectivity index (χ4n) is 6.49. The quantitative estimate of drug-likeness (QED) is 0.0484. The van der Waals surface area contributed by atoms with Crippen molar-refractivity contribution in [3.05, 3.63) is 53.6 Å². The summed E-state index contributed by atoms with van der Waals surface area (Å²) in [4.78, 5) is 8.76. The highest BCUT2D eigenvalue weighted by atomic mass is 35.5. The van der Waals surface area contributed by atoms with Gasteiger partial charge in [-0.25, -0.2) is 9.97 Å². The van der Waals surface area contributed by atoms with Gasteiger partial charge in [-0.1, -0.05) is 89.6 Å². The molecule has 0 fully saturated rings. The number of fused-ring (bicyclic) bond motifs is 1. The lowest BCUT2D eigenvalue weighted by Crippen LogP contribution is -2.42. The molecule has 2 atom stereocenters. The highest BCUT2D eigenvalue weighted by Gasteiger charge is 2.38. The van der Waals surface area contributed by atoms with Gasteiger partial charge in [0.2, 0.25) is 5.95 Å². The summed E-state index contributed by atoms with van der Waals surface area (Å²) < 4.78 is 25.8. The van der Waals surface area contributed by atoms with E-state index in [0.29, 0.717) is 58.4 Å². The molecule has 0 spiro atoms. The normalized spacial score (nSPS) is 13.9. The minimum Gasteiger partial charge on any atom is -0.375 e. The van der Waals surface area contributed by atoms with Gasteiger partial charge in [0.1, 0.15) is 5.82 Å². The highest BCUT2D eigenvalue weighted by Crippen LogP contribution is 2.41. The van der Waals surface area contributed by atoms with E-state index in [1.165, 1.54) is 60.8 Å². The molecule has 0 saturated heterocycles. The van der Waals surface area contributed by atoms with E-state index in [1.807, 2.05) is 12.3 Å². The van der Waals surface area contributed by atoms with Crippen molar-refractivity contribution in [2.75, 3.05) is 12.9 Å². The van der Waals surface area contributed by atoms with E-state index in [9.17, 15) is 0 Å². The van der Waals surface area contributed by atoms with Crippen molar-refractivity contribution < 1.29 is 9.13 Å². The zero-order valence-corrected chi connectivity index (χ0v) is 29.5. The molecular formula is C34H49ClFN7OS. The van der Waals surface area contributed by atoms with Crippen LogP contribution in [0.25, 0.3) is 16.9 Å². The predicted molar refractivity (Wildman–Crippen MR) is 181 cm³/mol. The van der Waals surface area contributed by atoms with Gasteiger partial charge in [0.15, 0.2) is 10.8 Å². The van der Waals surface area contributed by atoms with Gasteiger partial charge < -0.3 is 4.74 Å². The molecular weight excluding hydrogens is 609 g/mol. The van der Waals surface area contributed by atoms with Crippen LogP contribution >= 0.6 is 23.4 Å². The molecule has 0 aliphatic rings. The molecule has 0 aromatic carbocycles. The predicted octanol–water partition coefficient (Wildman–Crippen LogP) is 9.28. The summed E-state index contributed by atoms with van der Waals surface area (Å²) in [7, 11) is 0. The zero-order chi connectivity index (χ0) is 32.6. The number of hydrogen-bond donors (Lipinski definition) is 0. The first-order chi connectivity index (χ1) is 21.4. The number of nitrogens with zero attached hydrogens (tertiary/aromatic N) is 7. The number of pyridine rings is 1. The third-order valence-electron chi connectivity index (χ3n) is 8.64. The van der Waals surface area contributed by atoms with Gasteiger partial charge in [0, 0.05) is 36.5 Å². The Morgan fingerprint density at radius 1 is 1.02 bits per heavy atom. The summed E-state index contributed by atoms with van der Waals surface area (Å²) in [5.74, 6) is 0.232. The second kappa shape index (κ2) is 15.8. The Balaban J connectivity index is 1.54. The van der Waals surface area contributed by atoms with E-state index < -0.39 is 5.95 Å². The van der Waals surface area contributed by atoms with Crippen LogP contribution in [0.4, 0.5) is 4.39 Å². The second-order valence-corrected chi connectivity index (χ2v) is 14.8. The average Bonchev–Trinajstić information content (AvgIpc) is 3.61. The van der Waals surface area contributed by atoms with Crippen LogP contribution < -0.4 is 0 Å². The smallest absolute Gasteiger partial charge is 0.201 e. The molecule has 0 bridgehead atoms. The molecule has 11 heteroatoms. The monoisotopic (exact) mass is 657 g/mol. The lowest BCUT2D eigenvalue weighted by Gasteiger charge is -2.43. The number of rotatable bonds is 17. The molecule has 0 radical (unpaired) electrons. The van der Waals surface area contributed by atoms with Gasteiger partial charge in [-0.15, -0.1) is 10.2 Å². The van der Waals surface area contributed by atoms with Gasteiger partial charge in [-0.2, -0.15) is 9.49 Å². The largest absolute Gasteiger partial charge is 0.375 e. The molecule has 246 valence electrons. The van der Waals surface area contributed by atoms with E-state index in [0.717, 1.165) is 6.42 Å². The summed E-state index contributed by atoms with van der Waals surface area (Å²) in [6, 6.07) is 5.05. The number of hydrogen-bond acceptors (Lipinski definition) is 7. The number of thioether (sulfide) groups is 1. The minimum absolute atomic E-state index is 0.0996. The Labute approximate surface area is 276 Å². The second-order valence-electron chi connectivity index (χ2n) is 13.5. The van der Waals surface area contributed by atoms with E-state index >= 15 is 4.39 Å². The van der Waals surface area contributed by atoms with E-state index in [-0.39, 0.29) is 16.9 Å². The highest BCUT2D eigenvalue weighted by molar-refractivity contribution is 7.98. The summed E-state index contributed by atoms with van der Waals surface area (Å²) >= 11 is 7.63. The van der Waals surface area contributed by atoms with E-state index in [2.05, 4.69) is 66.8 Å². The van der Waals surface area contributed by atoms with Crippen LogP contribution in [-0.4, -0.2) is 52.8 Å². The third kappa shape index (κ3) is 9.48. The molecule has 4 heterocycles. The van der Waals surface area contributed by atoms with E-state index in [1.54, 1.807) is 29.3 Å². The number of ether oxygens (including phenoxy) is 1. The van der Waals surface area contributed by atoms with Crippen molar-refractivity contribution in [3.8, 4) is 11.3 Å². The first-order valence-electron chi connectivity index (χ1n) is 16.2. The summed E-state index contributed by atoms with van der Waals surface area (Å²) in [6.45, 7) is 14.6. The molecule has 0 N–H and O–H groups in total. The number of halogens is 2. The zero-order valence-electron chi connectivity index (χ0n) is 27.9. The molecule has 0 saturated carbocycles. The summed E-state index contributed by atoms with van der Waals surface area (Å²) in [5, 5.41) is 14.4. The van der Waals surface area contributed by atoms with Crippen LogP contribution in [0, 0.1) is 17.3 Å². The lowest BCUT2D eigenvalue weighted by atomic mass is 9.69. The topological polar surface area (TPSA) is 83.0 Å². The van der Waals surface area contributed by atoms with Crippen LogP contribution in [0.5, 0.6) is 0 Å². The molecule has 4 aromatic heterocycles. The minimum atomic E-state index is -0.455. The molecule has 4 aromatic rings.